The molecule has 0 aliphatic carbocycles. The number of fused-ring (bicyclic) bond motifs is 2. The number of hydrogen-bond donors (Lipinski definition) is 0. The molecule has 0 unspecified atom stereocenters. The molecule has 1 heteroatoms. The van der Waals surface area contributed by atoms with E-state index >= 15 is 0 Å². The first kappa shape index (κ1) is 28.2. The first-order valence-corrected chi connectivity index (χ1v) is 11.2. The molecule has 0 amide bonds. The maximum atomic E-state index is 2.28. The Bertz CT molecular complexity index is 1230. The molecule has 0 aliphatic rings. The van der Waals surface area contributed by atoms with Crippen LogP contribution in [0.25, 0.3) is 21.5 Å². The Morgan fingerprint density at radius 2 is 0.771 bits per heavy atom. The zero-order valence-corrected chi connectivity index (χ0v) is 24.2. The second-order valence-electron chi connectivity index (χ2n) is 8.31. The Balaban J connectivity index is 0.000000227. The molecule has 0 bridgehead atoms. The molecule has 0 nitrogen and oxygen atoms in total. The van der Waals surface area contributed by atoms with Crippen molar-refractivity contribution >= 4 is 21.5 Å². The summed E-state index contributed by atoms with van der Waals surface area (Å²) in [5.41, 5.74) is 5.54. The van der Waals surface area contributed by atoms with Crippen LogP contribution in [-0.4, -0.2) is 0 Å². The first-order valence-electron chi connectivity index (χ1n) is 11.2. The van der Waals surface area contributed by atoms with Crippen LogP contribution < -0.4 is 0 Å². The van der Waals surface area contributed by atoms with Gasteiger partial charge in [-0.25, -0.2) is 0 Å². The molecule has 0 aliphatic heterocycles. The molecule has 6 aromatic rings. The Labute approximate surface area is 229 Å². The molecule has 0 aromatic heterocycles. The topological polar surface area (TPSA) is 0 Å². The molecule has 6 aromatic carbocycles. The van der Waals surface area contributed by atoms with Crippen LogP contribution in [0.3, 0.4) is 0 Å². The van der Waals surface area contributed by atoms with Crippen LogP contribution in [-0.2, 0) is 38.7 Å². The van der Waals surface area contributed by atoms with Crippen LogP contribution in [0.2, 0.25) is 0 Å². The van der Waals surface area contributed by atoms with Crippen molar-refractivity contribution in [2.45, 2.75) is 12.8 Å². The molecule has 35 heavy (non-hydrogen) atoms. The summed E-state index contributed by atoms with van der Waals surface area (Å²) in [5.74, 6) is 0. The molecular formula is C34H32Hf. The molecule has 0 saturated heterocycles. The normalized spacial score (nSPS) is 9.83. The van der Waals surface area contributed by atoms with Crippen LogP contribution in [0, 0.1) is 14.9 Å². The maximum absolute atomic E-state index is 2.28. The van der Waals surface area contributed by atoms with Gasteiger partial charge in [-0.15, -0.1) is 81.2 Å². The number of rotatable bonds is 4. The van der Waals surface area contributed by atoms with Gasteiger partial charge >= 0.3 is 25.8 Å². The Kier molecular flexibility index (Phi) is 11.1. The number of hydrogen-bond acceptors (Lipinski definition) is 0. The summed E-state index contributed by atoms with van der Waals surface area (Å²) in [6.45, 7) is 0. The first-order chi connectivity index (χ1) is 15.8. The fraction of sp³-hybridized carbons (Fsp3) is 0.0588. The third-order valence-electron chi connectivity index (χ3n) is 5.86. The van der Waals surface area contributed by atoms with Crippen molar-refractivity contribution in [3.05, 3.63) is 171 Å². The van der Waals surface area contributed by atoms with E-state index in [-0.39, 0.29) is 40.7 Å². The molecule has 0 atom stereocenters. The maximum Gasteiger partial charge on any atom is 4.00 e. The SMILES string of the molecule is [CH3-].[CH3-].[Hf+4].c1ccc(Cc2cc3ccccc3[cH-]2)cc1.c1ccc(Cc2cc3ccccc3[cH-]2)cc1. The van der Waals surface area contributed by atoms with Crippen molar-refractivity contribution in [1.29, 1.82) is 0 Å². The van der Waals surface area contributed by atoms with E-state index in [1.165, 1.54) is 43.8 Å². The zero-order valence-electron chi connectivity index (χ0n) is 20.6. The standard InChI is InChI=1S/2C16H13.2CH3.Hf/c2*1-2-6-13(7-3-1)10-14-11-15-8-4-5-9-16(15)12-14;;;/h2*1-9,11-12H,10H2;2*1H3;/q4*-1;+4. The van der Waals surface area contributed by atoms with Gasteiger partial charge in [0.2, 0.25) is 0 Å². The molecule has 0 fully saturated rings. The molecule has 0 saturated carbocycles. The predicted octanol–water partition coefficient (Wildman–Crippen LogP) is 9.20. The second-order valence-corrected chi connectivity index (χ2v) is 8.31. The summed E-state index contributed by atoms with van der Waals surface area (Å²) in [6, 6.07) is 47.4. The molecule has 0 N–H and O–H groups in total. The minimum atomic E-state index is 0. The van der Waals surface area contributed by atoms with Gasteiger partial charge in [0.25, 0.3) is 0 Å². The average Bonchev–Trinajstić information content (AvgIpc) is 3.43. The summed E-state index contributed by atoms with van der Waals surface area (Å²) in [6.07, 6.45) is 2.05. The third kappa shape index (κ3) is 7.47. The van der Waals surface area contributed by atoms with Crippen molar-refractivity contribution in [1.82, 2.24) is 0 Å². The summed E-state index contributed by atoms with van der Waals surface area (Å²) in [7, 11) is 0. The summed E-state index contributed by atoms with van der Waals surface area (Å²) >= 11 is 0. The van der Waals surface area contributed by atoms with E-state index in [0.717, 1.165) is 12.8 Å². The predicted molar refractivity (Wildman–Crippen MR) is 150 cm³/mol. The van der Waals surface area contributed by atoms with Crippen molar-refractivity contribution in [3.8, 4) is 0 Å². The van der Waals surface area contributed by atoms with Crippen LogP contribution in [0.5, 0.6) is 0 Å². The van der Waals surface area contributed by atoms with Crippen molar-refractivity contribution in [2.24, 2.45) is 0 Å². The third-order valence-corrected chi connectivity index (χ3v) is 5.86. The van der Waals surface area contributed by atoms with Crippen LogP contribution in [0.4, 0.5) is 0 Å². The van der Waals surface area contributed by atoms with Crippen molar-refractivity contribution < 1.29 is 25.8 Å². The molecular weight excluding hydrogens is 587 g/mol. The van der Waals surface area contributed by atoms with Crippen LogP contribution in [0.15, 0.2) is 133 Å². The van der Waals surface area contributed by atoms with Gasteiger partial charge in [-0.05, 0) is 24.0 Å². The van der Waals surface area contributed by atoms with Gasteiger partial charge < -0.3 is 14.9 Å². The number of benzene rings is 4. The van der Waals surface area contributed by atoms with E-state index in [1.807, 2.05) is 0 Å². The Hall–Kier alpha value is -3.03. The Morgan fingerprint density at radius 1 is 0.429 bits per heavy atom. The van der Waals surface area contributed by atoms with E-state index < -0.39 is 0 Å². The summed E-state index contributed by atoms with van der Waals surface area (Å²) in [5, 5.41) is 5.36. The minimum Gasteiger partial charge on any atom is -0.358 e. The summed E-state index contributed by atoms with van der Waals surface area (Å²) < 4.78 is 0. The molecule has 0 radical (unpaired) electrons. The summed E-state index contributed by atoms with van der Waals surface area (Å²) in [4.78, 5) is 0. The molecule has 172 valence electrons. The van der Waals surface area contributed by atoms with Crippen molar-refractivity contribution in [2.75, 3.05) is 0 Å². The largest absolute Gasteiger partial charge is 4.00 e. The van der Waals surface area contributed by atoms with Gasteiger partial charge in [0.15, 0.2) is 0 Å². The van der Waals surface area contributed by atoms with Gasteiger partial charge in [-0.2, -0.15) is 12.1 Å². The minimum absolute atomic E-state index is 0. The molecule has 0 spiro atoms. The van der Waals surface area contributed by atoms with Gasteiger partial charge in [-0.3, -0.25) is 0 Å². The smallest absolute Gasteiger partial charge is 0.358 e. The van der Waals surface area contributed by atoms with Gasteiger partial charge in [0.05, 0.1) is 0 Å². The average molecular weight is 619 g/mol. The van der Waals surface area contributed by atoms with Gasteiger partial charge in [-0.1, -0.05) is 72.8 Å². The molecule has 0 heterocycles. The quantitative estimate of drug-likeness (QED) is 0.136. The monoisotopic (exact) mass is 620 g/mol. The van der Waals surface area contributed by atoms with E-state index in [9.17, 15) is 0 Å². The van der Waals surface area contributed by atoms with E-state index in [0.29, 0.717) is 0 Å². The molecule has 6 rings (SSSR count). The van der Waals surface area contributed by atoms with Gasteiger partial charge in [0, 0.05) is 0 Å². The fourth-order valence-corrected chi connectivity index (χ4v) is 4.30. The van der Waals surface area contributed by atoms with Crippen molar-refractivity contribution in [3.63, 3.8) is 0 Å². The van der Waals surface area contributed by atoms with E-state index in [4.69, 9.17) is 0 Å². The van der Waals surface area contributed by atoms with Gasteiger partial charge in [0.1, 0.15) is 0 Å². The second kappa shape index (κ2) is 13.8. The van der Waals surface area contributed by atoms with Crippen LogP contribution in [0.1, 0.15) is 22.3 Å². The Morgan fingerprint density at radius 3 is 1.14 bits per heavy atom. The van der Waals surface area contributed by atoms with E-state index in [1.54, 1.807) is 0 Å². The van der Waals surface area contributed by atoms with Crippen LogP contribution >= 0.6 is 0 Å². The van der Waals surface area contributed by atoms with E-state index in [2.05, 4.69) is 133 Å². The fourth-order valence-electron chi connectivity index (χ4n) is 4.30. The zero-order chi connectivity index (χ0) is 21.6.